The van der Waals surface area contributed by atoms with Crippen molar-refractivity contribution < 1.29 is 0 Å². The van der Waals surface area contributed by atoms with Crippen LogP contribution in [-0.4, -0.2) is 29.2 Å². The molecule has 0 atom stereocenters. The summed E-state index contributed by atoms with van der Waals surface area (Å²) in [5, 5.41) is 7.28. The first-order valence-electron chi connectivity index (χ1n) is 9.49. The van der Waals surface area contributed by atoms with Crippen LogP contribution in [0.25, 0.3) is 11.3 Å². The van der Waals surface area contributed by atoms with Gasteiger partial charge in [-0.3, -0.25) is 10.3 Å². The molecule has 2 aromatic carbocycles. The van der Waals surface area contributed by atoms with Crippen LogP contribution < -0.4 is 5.43 Å². The molecule has 0 bridgehead atoms. The summed E-state index contributed by atoms with van der Waals surface area (Å²) in [5.74, 6) is 0. The topological polar surface area (TPSA) is 40.5 Å². The van der Waals surface area contributed by atoms with Crippen LogP contribution in [0.3, 0.4) is 0 Å². The normalized spacial score (nSPS) is 15.3. The van der Waals surface area contributed by atoms with E-state index in [0.29, 0.717) is 0 Å². The van der Waals surface area contributed by atoms with Crippen LogP contribution in [0.4, 0.5) is 5.13 Å². The summed E-state index contributed by atoms with van der Waals surface area (Å²) in [7, 11) is 0. The monoisotopic (exact) mass is 376 g/mol. The summed E-state index contributed by atoms with van der Waals surface area (Å²) in [4.78, 5) is 7.15. The number of nitrogens with zero attached hydrogens (tertiary/aromatic N) is 3. The van der Waals surface area contributed by atoms with Crippen molar-refractivity contribution >= 4 is 22.7 Å². The number of piperidine rings is 1. The second kappa shape index (κ2) is 8.93. The van der Waals surface area contributed by atoms with Crippen molar-refractivity contribution in [2.45, 2.75) is 25.8 Å². The molecule has 1 N–H and O–H groups in total. The van der Waals surface area contributed by atoms with Gasteiger partial charge in [-0.2, -0.15) is 5.10 Å². The summed E-state index contributed by atoms with van der Waals surface area (Å²) < 4.78 is 0. The van der Waals surface area contributed by atoms with Gasteiger partial charge in [0, 0.05) is 17.5 Å². The zero-order chi connectivity index (χ0) is 18.3. The predicted molar refractivity (Wildman–Crippen MR) is 114 cm³/mol. The lowest BCUT2D eigenvalue weighted by atomic mass is 10.1. The van der Waals surface area contributed by atoms with Crippen molar-refractivity contribution in [1.82, 2.24) is 9.88 Å². The number of thiazole rings is 1. The molecule has 2 heterocycles. The van der Waals surface area contributed by atoms with E-state index < -0.39 is 0 Å². The molecule has 3 aromatic rings. The molecule has 1 aromatic heterocycles. The van der Waals surface area contributed by atoms with E-state index in [9.17, 15) is 0 Å². The lowest BCUT2D eigenvalue weighted by Gasteiger charge is -2.26. The summed E-state index contributed by atoms with van der Waals surface area (Å²) >= 11 is 1.57. The highest BCUT2D eigenvalue weighted by Crippen LogP contribution is 2.24. The molecule has 0 amide bonds. The average Bonchev–Trinajstić information content (AvgIpc) is 3.20. The van der Waals surface area contributed by atoms with Gasteiger partial charge in [-0.15, -0.1) is 11.3 Å². The first-order valence-corrected chi connectivity index (χ1v) is 10.4. The Bertz CT molecular complexity index is 882. The highest BCUT2D eigenvalue weighted by molar-refractivity contribution is 7.14. The maximum absolute atomic E-state index is 4.61. The summed E-state index contributed by atoms with van der Waals surface area (Å²) in [5.41, 5.74) is 7.67. The standard InChI is InChI=1S/C22H24N4S/c1-3-9-18(10-4-1)21-17-27-22(24-21)25-23-15-19-11-5-6-12-20(19)16-26-13-7-2-8-14-26/h1,3-6,9-12,15,17H,2,7-8,13-14,16H2,(H,24,25). The zero-order valence-corrected chi connectivity index (χ0v) is 16.2. The third-order valence-electron chi connectivity index (χ3n) is 4.84. The first kappa shape index (κ1) is 17.9. The average molecular weight is 377 g/mol. The van der Waals surface area contributed by atoms with E-state index >= 15 is 0 Å². The summed E-state index contributed by atoms with van der Waals surface area (Å²) in [6.07, 6.45) is 5.89. The lowest BCUT2D eigenvalue weighted by molar-refractivity contribution is 0.221. The predicted octanol–water partition coefficient (Wildman–Crippen LogP) is 5.24. The molecular weight excluding hydrogens is 352 g/mol. The SMILES string of the molecule is C(=NNc1nc(-c2ccccc2)cs1)c1ccccc1CN1CCCCC1. The van der Waals surface area contributed by atoms with Crippen molar-refractivity contribution in [3.8, 4) is 11.3 Å². The van der Waals surface area contributed by atoms with Crippen LogP contribution in [-0.2, 0) is 6.54 Å². The fourth-order valence-electron chi connectivity index (χ4n) is 3.39. The Kier molecular flexibility index (Phi) is 5.92. The highest BCUT2D eigenvalue weighted by atomic mass is 32.1. The van der Waals surface area contributed by atoms with Crippen LogP contribution in [0.15, 0.2) is 65.1 Å². The van der Waals surface area contributed by atoms with Crippen molar-refractivity contribution in [2.75, 3.05) is 18.5 Å². The Morgan fingerprint density at radius 2 is 1.78 bits per heavy atom. The van der Waals surface area contributed by atoms with Gasteiger partial charge in [0.15, 0.2) is 0 Å². The Morgan fingerprint density at radius 3 is 2.63 bits per heavy atom. The molecule has 1 aliphatic heterocycles. The van der Waals surface area contributed by atoms with Crippen molar-refractivity contribution in [2.24, 2.45) is 5.10 Å². The van der Waals surface area contributed by atoms with Gasteiger partial charge in [0.2, 0.25) is 5.13 Å². The van der Waals surface area contributed by atoms with E-state index in [-0.39, 0.29) is 0 Å². The molecule has 4 nitrogen and oxygen atoms in total. The number of rotatable bonds is 6. The molecule has 1 fully saturated rings. The van der Waals surface area contributed by atoms with Crippen molar-refractivity contribution in [1.29, 1.82) is 0 Å². The van der Waals surface area contributed by atoms with E-state index in [1.807, 2.05) is 24.4 Å². The molecule has 0 saturated carbocycles. The number of likely N-dealkylation sites (tertiary alicyclic amines) is 1. The molecular formula is C22H24N4S. The molecule has 4 rings (SSSR count). The minimum Gasteiger partial charge on any atom is -0.299 e. The molecule has 0 radical (unpaired) electrons. The van der Waals surface area contributed by atoms with E-state index in [4.69, 9.17) is 0 Å². The van der Waals surface area contributed by atoms with Gasteiger partial charge >= 0.3 is 0 Å². The molecule has 0 unspecified atom stereocenters. The number of nitrogens with one attached hydrogen (secondary N) is 1. The lowest BCUT2D eigenvalue weighted by Crippen LogP contribution is -2.29. The third-order valence-corrected chi connectivity index (χ3v) is 5.58. The Morgan fingerprint density at radius 1 is 1.00 bits per heavy atom. The van der Waals surface area contributed by atoms with E-state index in [0.717, 1.165) is 28.5 Å². The molecule has 1 saturated heterocycles. The maximum atomic E-state index is 4.61. The van der Waals surface area contributed by atoms with Crippen molar-refractivity contribution in [3.05, 3.63) is 71.1 Å². The largest absolute Gasteiger partial charge is 0.299 e. The van der Waals surface area contributed by atoms with Gasteiger partial charge in [-0.1, -0.05) is 61.0 Å². The molecule has 1 aliphatic rings. The van der Waals surface area contributed by atoms with Crippen LogP contribution >= 0.6 is 11.3 Å². The van der Waals surface area contributed by atoms with E-state index in [1.165, 1.54) is 37.9 Å². The summed E-state index contributed by atoms with van der Waals surface area (Å²) in [6.45, 7) is 3.40. The van der Waals surface area contributed by atoms with Gasteiger partial charge in [0.25, 0.3) is 0 Å². The fraction of sp³-hybridized carbons (Fsp3) is 0.273. The third kappa shape index (κ3) is 4.81. The zero-order valence-electron chi connectivity index (χ0n) is 15.3. The smallest absolute Gasteiger partial charge is 0.203 e. The highest BCUT2D eigenvalue weighted by Gasteiger charge is 2.11. The fourth-order valence-corrected chi connectivity index (χ4v) is 4.05. The minimum absolute atomic E-state index is 0.804. The van der Waals surface area contributed by atoms with E-state index in [1.54, 1.807) is 11.3 Å². The Balaban J connectivity index is 1.41. The molecule has 27 heavy (non-hydrogen) atoms. The van der Waals surface area contributed by atoms with Crippen LogP contribution in [0.1, 0.15) is 30.4 Å². The molecule has 0 spiro atoms. The minimum atomic E-state index is 0.804. The number of hydrogen-bond donors (Lipinski definition) is 1. The molecule has 0 aliphatic carbocycles. The van der Waals surface area contributed by atoms with Gasteiger partial charge in [-0.05, 0) is 37.1 Å². The Labute approximate surface area is 164 Å². The van der Waals surface area contributed by atoms with Gasteiger partial charge in [-0.25, -0.2) is 4.98 Å². The van der Waals surface area contributed by atoms with Gasteiger partial charge in [0.05, 0.1) is 11.9 Å². The number of benzene rings is 2. The maximum Gasteiger partial charge on any atom is 0.203 e. The molecule has 138 valence electrons. The second-order valence-corrected chi connectivity index (χ2v) is 7.67. The van der Waals surface area contributed by atoms with E-state index in [2.05, 4.69) is 62.2 Å². The molecule has 5 heteroatoms. The number of hydrazone groups is 1. The number of anilines is 1. The summed E-state index contributed by atoms with van der Waals surface area (Å²) in [6, 6.07) is 18.7. The Hall–Kier alpha value is -2.50. The number of hydrogen-bond acceptors (Lipinski definition) is 5. The van der Waals surface area contributed by atoms with Crippen molar-refractivity contribution in [3.63, 3.8) is 0 Å². The van der Waals surface area contributed by atoms with Crippen LogP contribution in [0, 0.1) is 0 Å². The van der Waals surface area contributed by atoms with Gasteiger partial charge in [0.1, 0.15) is 0 Å². The second-order valence-electron chi connectivity index (χ2n) is 6.81. The quantitative estimate of drug-likeness (QED) is 0.472. The van der Waals surface area contributed by atoms with Crippen LogP contribution in [0.2, 0.25) is 0 Å². The van der Waals surface area contributed by atoms with Crippen LogP contribution in [0.5, 0.6) is 0 Å². The van der Waals surface area contributed by atoms with Gasteiger partial charge < -0.3 is 0 Å². The number of aromatic nitrogens is 1. The first-order chi connectivity index (χ1) is 13.4.